The zero-order valence-electron chi connectivity index (χ0n) is 18.3. The molecule has 2 saturated heterocycles. The molecule has 1 saturated carbocycles. The molecule has 1 atom stereocenters. The Morgan fingerprint density at radius 1 is 1.03 bits per heavy atom. The Balaban J connectivity index is 1.33. The molecule has 0 bridgehead atoms. The van der Waals surface area contributed by atoms with Crippen LogP contribution in [0.15, 0.2) is 18.3 Å². The molecule has 10 heteroatoms. The lowest BCUT2D eigenvalue weighted by Crippen LogP contribution is -2.47. The normalized spacial score (nSPS) is 21.8. The van der Waals surface area contributed by atoms with Crippen molar-refractivity contribution < 1.29 is 13.5 Å². The second-order valence-electron chi connectivity index (χ2n) is 8.75. The Bertz CT molecular complexity index is 916. The van der Waals surface area contributed by atoms with Gasteiger partial charge in [-0.3, -0.25) is 0 Å². The average molecular weight is 446 g/mol. The minimum Gasteiger partial charge on any atom is -0.378 e. The maximum Gasteiger partial charge on any atom is 0.280 e. The van der Waals surface area contributed by atoms with E-state index in [1.807, 2.05) is 13.1 Å². The number of anilines is 3. The van der Waals surface area contributed by atoms with Crippen LogP contribution < -0.4 is 14.7 Å². The number of hydrogen-bond acceptors (Lipinski definition) is 8. The van der Waals surface area contributed by atoms with Crippen LogP contribution in [0.3, 0.4) is 0 Å². The first kappa shape index (κ1) is 21.2. The number of morpholine rings is 1. The van der Waals surface area contributed by atoms with Crippen LogP contribution in [0.25, 0.3) is 0 Å². The van der Waals surface area contributed by atoms with Crippen LogP contribution in [0.2, 0.25) is 0 Å². The fourth-order valence-corrected chi connectivity index (χ4v) is 4.39. The van der Waals surface area contributed by atoms with E-state index in [1.54, 1.807) is 6.20 Å². The molecule has 32 heavy (non-hydrogen) atoms. The molecule has 0 N–H and O–H groups in total. The zero-order valence-corrected chi connectivity index (χ0v) is 18.3. The van der Waals surface area contributed by atoms with Gasteiger partial charge in [0.1, 0.15) is 23.2 Å². The SMILES string of the molecule is CN(c1nccc(N2CCOCC2)n1)C1CCCN(c2cc(C(F)F)nc(C3CC3)n2)C1. The van der Waals surface area contributed by atoms with E-state index < -0.39 is 6.43 Å². The fourth-order valence-electron chi connectivity index (χ4n) is 4.39. The van der Waals surface area contributed by atoms with Crippen molar-refractivity contribution in [1.82, 2.24) is 19.9 Å². The van der Waals surface area contributed by atoms with Gasteiger partial charge >= 0.3 is 0 Å². The minimum atomic E-state index is -2.59. The van der Waals surface area contributed by atoms with Crippen molar-refractivity contribution in [3.05, 3.63) is 29.8 Å². The van der Waals surface area contributed by atoms with Gasteiger partial charge in [-0.1, -0.05) is 0 Å². The van der Waals surface area contributed by atoms with Crippen LogP contribution >= 0.6 is 0 Å². The highest BCUT2D eigenvalue weighted by Gasteiger charge is 2.31. The van der Waals surface area contributed by atoms with E-state index in [1.165, 1.54) is 6.07 Å². The first-order chi connectivity index (χ1) is 15.6. The predicted octanol–water partition coefficient (Wildman–Crippen LogP) is 3.02. The van der Waals surface area contributed by atoms with Crippen LogP contribution in [0.1, 0.15) is 49.5 Å². The first-order valence-electron chi connectivity index (χ1n) is 11.4. The predicted molar refractivity (Wildman–Crippen MR) is 118 cm³/mol. The summed E-state index contributed by atoms with van der Waals surface area (Å²) in [6, 6.07) is 3.55. The number of rotatable bonds is 6. The molecule has 3 aliphatic rings. The monoisotopic (exact) mass is 445 g/mol. The number of halogens is 2. The van der Waals surface area contributed by atoms with Gasteiger partial charge in [0, 0.05) is 57.4 Å². The molecular weight excluding hydrogens is 416 g/mol. The van der Waals surface area contributed by atoms with Crippen LogP contribution in [0.5, 0.6) is 0 Å². The standard InChI is InChI=1S/C22H29F2N7O/c1-29(22-25-7-6-18(28-22)30-9-11-32-12-10-30)16-3-2-8-31(14-16)19-13-17(20(23)24)26-21(27-19)15-4-5-15/h6-7,13,15-16,20H,2-5,8-12,14H2,1H3. The maximum atomic E-state index is 13.5. The van der Waals surface area contributed by atoms with Crippen molar-refractivity contribution in [2.75, 3.05) is 61.1 Å². The highest BCUT2D eigenvalue weighted by Crippen LogP contribution is 2.39. The molecule has 3 fully saturated rings. The number of alkyl halides is 2. The molecule has 172 valence electrons. The van der Waals surface area contributed by atoms with Crippen LogP contribution in [0.4, 0.5) is 26.4 Å². The van der Waals surface area contributed by atoms with Crippen molar-refractivity contribution in [1.29, 1.82) is 0 Å². The number of ether oxygens (including phenoxy) is 1. The van der Waals surface area contributed by atoms with Gasteiger partial charge in [-0.2, -0.15) is 4.98 Å². The van der Waals surface area contributed by atoms with E-state index in [2.05, 4.69) is 29.7 Å². The van der Waals surface area contributed by atoms with Gasteiger partial charge in [0.05, 0.1) is 13.2 Å². The summed E-state index contributed by atoms with van der Waals surface area (Å²) >= 11 is 0. The molecule has 2 aliphatic heterocycles. The quantitative estimate of drug-likeness (QED) is 0.672. The van der Waals surface area contributed by atoms with Gasteiger partial charge in [0.2, 0.25) is 5.95 Å². The largest absolute Gasteiger partial charge is 0.378 e. The third-order valence-corrected chi connectivity index (χ3v) is 6.46. The molecule has 0 aromatic carbocycles. The van der Waals surface area contributed by atoms with Crippen LogP contribution in [-0.4, -0.2) is 72.4 Å². The van der Waals surface area contributed by atoms with E-state index >= 15 is 0 Å². The van der Waals surface area contributed by atoms with E-state index in [9.17, 15) is 8.78 Å². The third-order valence-electron chi connectivity index (χ3n) is 6.46. The van der Waals surface area contributed by atoms with Crippen LogP contribution in [0, 0.1) is 0 Å². The number of aromatic nitrogens is 4. The summed E-state index contributed by atoms with van der Waals surface area (Å²) in [6.07, 6.45) is 3.10. The van der Waals surface area contributed by atoms with E-state index in [-0.39, 0.29) is 17.7 Å². The molecule has 0 spiro atoms. The molecule has 1 unspecified atom stereocenters. The minimum absolute atomic E-state index is 0.165. The number of nitrogens with zero attached hydrogens (tertiary/aromatic N) is 7. The second kappa shape index (κ2) is 9.09. The first-order valence-corrected chi connectivity index (χ1v) is 11.4. The number of hydrogen-bond donors (Lipinski definition) is 0. The Hall–Kier alpha value is -2.62. The fraction of sp³-hybridized carbons (Fsp3) is 0.636. The Morgan fingerprint density at radius 3 is 2.59 bits per heavy atom. The Labute approximate surface area is 186 Å². The molecular formula is C22H29F2N7O. The van der Waals surface area contributed by atoms with Crippen molar-refractivity contribution in [3.8, 4) is 0 Å². The van der Waals surface area contributed by atoms with Gasteiger partial charge in [-0.15, -0.1) is 0 Å². The molecule has 0 amide bonds. The summed E-state index contributed by atoms with van der Waals surface area (Å²) < 4.78 is 32.3. The summed E-state index contributed by atoms with van der Waals surface area (Å²) in [6.45, 7) is 4.53. The van der Waals surface area contributed by atoms with Crippen LogP contribution in [-0.2, 0) is 4.74 Å². The van der Waals surface area contributed by atoms with Gasteiger partial charge in [-0.05, 0) is 31.7 Å². The van der Waals surface area contributed by atoms with Crippen molar-refractivity contribution in [2.45, 2.75) is 44.1 Å². The topological polar surface area (TPSA) is 70.5 Å². The molecule has 2 aromatic rings. The zero-order chi connectivity index (χ0) is 22.1. The summed E-state index contributed by atoms with van der Waals surface area (Å²) in [4.78, 5) is 24.5. The molecule has 5 rings (SSSR count). The summed E-state index contributed by atoms with van der Waals surface area (Å²) in [7, 11) is 2.01. The molecule has 8 nitrogen and oxygen atoms in total. The Kier molecular flexibility index (Phi) is 6.03. The van der Waals surface area contributed by atoms with E-state index in [0.717, 1.165) is 51.1 Å². The summed E-state index contributed by atoms with van der Waals surface area (Å²) in [5, 5.41) is 0. The Morgan fingerprint density at radius 2 is 1.84 bits per heavy atom. The van der Waals surface area contributed by atoms with Gasteiger partial charge in [0.15, 0.2) is 0 Å². The maximum absolute atomic E-state index is 13.5. The summed E-state index contributed by atoms with van der Waals surface area (Å²) in [5.41, 5.74) is -0.172. The second-order valence-corrected chi connectivity index (χ2v) is 8.75. The smallest absolute Gasteiger partial charge is 0.280 e. The van der Waals surface area contributed by atoms with Gasteiger partial charge in [0.25, 0.3) is 6.43 Å². The number of piperidine rings is 1. The van der Waals surface area contributed by atoms with Crippen molar-refractivity contribution in [3.63, 3.8) is 0 Å². The highest BCUT2D eigenvalue weighted by molar-refractivity contribution is 5.46. The van der Waals surface area contributed by atoms with E-state index in [0.29, 0.717) is 37.3 Å². The highest BCUT2D eigenvalue weighted by atomic mass is 19.3. The van der Waals surface area contributed by atoms with Gasteiger partial charge < -0.3 is 19.4 Å². The molecule has 2 aromatic heterocycles. The summed E-state index contributed by atoms with van der Waals surface area (Å²) in [5.74, 6) is 2.99. The third kappa shape index (κ3) is 4.60. The van der Waals surface area contributed by atoms with Crippen molar-refractivity contribution in [2.24, 2.45) is 0 Å². The van der Waals surface area contributed by atoms with E-state index in [4.69, 9.17) is 9.72 Å². The number of likely N-dealkylation sites (N-methyl/N-ethyl adjacent to an activating group) is 1. The molecule has 1 aliphatic carbocycles. The van der Waals surface area contributed by atoms with Gasteiger partial charge in [-0.25, -0.2) is 23.7 Å². The molecule has 4 heterocycles. The lowest BCUT2D eigenvalue weighted by Gasteiger charge is -2.38. The lowest BCUT2D eigenvalue weighted by atomic mass is 10.0. The molecule has 0 radical (unpaired) electrons. The van der Waals surface area contributed by atoms with Crippen molar-refractivity contribution >= 4 is 17.6 Å². The lowest BCUT2D eigenvalue weighted by molar-refractivity contribution is 0.122. The average Bonchev–Trinajstić information content (AvgIpc) is 3.70.